The van der Waals surface area contributed by atoms with Gasteiger partial charge < -0.3 is 15.0 Å². The predicted octanol–water partition coefficient (Wildman–Crippen LogP) is 2.90. The highest BCUT2D eigenvalue weighted by atomic mass is 32.1. The van der Waals surface area contributed by atoms with Gasteiger partial charge in [-0.1, -0.05) is 23.9 Å². The number of carbonyl (C=O) groups is 3. The van der Waals surface area contributed by atoms with Crippen LogP contribution < -0.4 is 15.1 Å². The smallest absolute Gasteiger partial charge is 0.414 e. The lowest BCUT2D eigenvalue weighted by molar-refractivity contribution is -0.118. The number of hydrogen-bond donors (Lipinski definition) is 1. The van der Waals surface area contributed by atoms with Crippen LogP contribution in [-0.4, -0.2) is 48.5 Å². The number of allylic oxidation sites excluding steroid dienone is 3. The maximum atomic E-state index is 12.5. The summed E-state index contributed by atoms with van der Waals surface area (Å²) < 4.78 is 5.41. The molecule has 2 heterocycles. The third-order valence-electron chi connectivity index (χ3n) is 5.44. The molecule has 2 fully saturated rings. The number of benzene rings is 1. The Kier molecular flexibility index (Phi) is 5.67. The van der Waals surface area contributed by atoms with E-state index in [1.54, 1.807) is 11.0 Å². The number of thiocarbonyl (C=S) groups is 1. The van der Waals surface area contributed by atoms with Crippen molar-refractivity contribution in [3.05, 3.63) is 47.6 Å². The molecule has 0 radical (unpaired) electrons. The molecule has 1 atom stereocenters. The van der Waals surface area contributed by atoms with E-state index in [-0.39, 0.29) is 18.4 Å². The molecule has 4 rings (SSSR count). The summed E-state index contributed by atoms with van der Waals surface area (Å²) in [5, 5.41) is 2.82. The van der Waals surface area contributed by atoms with Crippen LogP contribution in [0.5, 0.6) is 0 Å². The minimum Gasteiger partial charge on any atom is -0.442 e. The zero-order valence-electron chi connectivity index (χ0n) is 16.7. The third kappa shape index (κ3) is 4.14. The molecule has 3 aliphatic rings. The molecule has 0 spiro atoms. The number of rotatable bonds is 5. The van der Waals surface area contributed by atoms with Crippen molar-refractivity contribution in [2.24, 2.45) is 0 Å². The lowest BCUT2D eigenvalue weighted by Crippen LogP contribution is -2.36. The van der Waals surface area contributed by atoms with Gasteiger partial charge in [0.05, 0.1) is 18.7 Å². The molecule has 7 nitrogen and oxygen atoms in total. The van der Waals surface area contributed by atoms with Gasteiger partial charge in [0.15, 0.2) is 0 Å². The second-order valence-electron chi connectivity index (χ2n) is 7.63. The molecular formula is C22H23N3O4S. The number of carbonyl (C=O) groups excluding carboxylic acids is 3. The quantitative estimate of drug-likeness (QED) is 0.734. The highest BCUT2D eigenvalue weighted by molar-refractivity contribution is 7.81. The summed E-state index contributed by atoms with van der Waals surface area (Å²) >= 11 is 5.27. The highest BCUT2D eigenvalue weighted by Gasteiger charge is 2.33. The van der Waals surface area contributed by atoms with Crippen molar-refractivity contribution in [1.29, 1.82) is 0 Å². The van der Waals surface area contributed by atoms with Crippen LogP contribution in [0.2, 0.25) is 0 Å². The monoisotopic (exact) mass is 425 g/mol. The zero-order chi connectivity index (χ0) is 21.3. The van der Waals surface area contributed by atoms with E-state index in [0.29, 0.717) is 35.5 Å². The molecule has 8 heteroatoms. The number of ether oxygens (including phenoxy) is 1. The van der Waals surface area contributed by atoms with Gasteiger partial charge in [-0.25, -0.2) is 4.79 Å². The average molecular weight is 426 g/mol. The number of nitrogens with zero attached hydrogens (tertiary/aromatic N) is 2. The fourth-order valence-electron chi connectivity index (χ4n) is 3.80. The van der Waals surface area contributed by atoms with Crippen LogP contribution in [0, 0.1) is 0 Å². The largest absolute Gasteiger partial charge is 0.442 e. The van der Waals surface area contributed by atoms with Gasteiger partial charge in [0.2, 0.25) is 5.91 Å². The highest BCUT2D eigenvalue weighted by Crippen LogP contribution is 2.27. The minimum atomic E-state index is -0.453. The minimum absolute atomic E-state index is 0.123. The Hall–Kier alpha value is -3.00. The van der Waals surface area contributed by atoms with E-state index < -0.39 is 12.2 Å². The molecule has 1 aromatic carbocycles. The van der Waals surface area contributed by atoms with Crippen molar-refractivity contribution in [2.75, 3.05) is 29.4 Å². The molecule has 156 valence electrons. The van der Waals surface area contributed by atoms with E-state index >= 15 is 0 Å². The molecule has 1 aliphatic carbocycles. The number of cyclic esters (lactones) is 1. The molecule has 1 unspecified atom stereocenters. The maximum Gasteiger partial charge on any atom is 0.414 e. The van der Waals surface area contributed by atoms with Crippen molar-refractivity contribution >= 4 is 46.4 Å². The Labute approximate surface area is 180 Å². The zero-order valence-corrected chi connectivity index (χ0v) is 17.5. The van der Waals surface area contributed by atoms with E-state index in [2.05, 4.69) is 5.32 Å². The number of amides is 3. The number of nitrogens with one attached hydrogen (secondary N) is 1. The SMILES string of the molecule is CC1=CCC(=S)C(C(=O)NCC2CN(c3ccc(N4CCCC4=O)cc3)C(=O)O2)=C1. The Morgan fingerprint density at radius 2 is 1.90 bits per heavy atom. The molecular weight excluding hydrogens is 402 g/mol. The van der Waals surface area contributed by atoms with Gasteiger partial charge in [-0.3, -0.25) is 14.5 Å². The fourth-order valence-corrected chi connectivity index (χ4v) is 4.03. The van der Waals surface area contributed by atoms with Gasteiger partial charge in [-0.15, -0.1) is 0 Å². The van der Waals surface area contributed by atoms with Gasteiger partial charge in [0.1, 0.15) is 6.10 Å². The van der Waals surface area contributed by atoms with Crippen molar-refractivity contribution < 1.29 is 19.1 Å². The summed E-state index contributed by atoms with van der Waals surface area (Å²) in [7, 11) is 0. The Bertz CT molecular complexity index is 967. The lowest BCUT2D eigenvalue weighted by Gasteiger charge is -2.18. The average Bonchev–Trinajstić information content (AvgIpc) is 3.33. The topological polar surface area (TPSA) is 79.0 Å². The number of hydrogen-bond acceptors (Lipinski definition) is 5. The van der Waals surface area contributed by atoms with Crippen LogP contribution in [0.15, 0.2) is 47.6 Å². The molecule has 1 N–H and O–H groups in total. The summed E-state index contributed by atoms with van der Waals surface area (Å²) in [5.74, 6) is -0.126. The summed E-state index contributed by atoms with van der Waals surface area (Å²) in [6.45, 7) is 3.20. The van der Waals surface area contributed by atoms with Crippen molar-refractivity contribution in [3.63, 3.8) is 0 Å². The van der Waals surface area contributed by atoms with Crippen molar-refractivity contribution in [1.82, 2.24) is 5.32 Å². The van der Waals surface area contributed by atoms with Crippen LogP contribution in [0.25, 0.3) is 0 Å². The second kappa shape index (κ2) is 8.39. The summed E-state index contributed by atoms with van der Waals surface area (Å²) in [4.78, 5) is 40.5. The summed E-state index contributed by atoms with van der Waals surface area (Å²) in [6.07, 6.45) is 4.89. The van der Waals surface area contributed by atoms with Crippen molar-refractivity contribution in [3.8, 4) is 0 Å². The van der Waals surface area contributed by atoms with Crippen LogP contribution in [0.3, 0.4) is 0 Å². The van der Waals surface area contributed by atoms with Gasteiger partial charge in [0.25, 0.3) is 5.91 Å². The van der Waals surface area contributed by atoms with Gasteiger partial charge in [0, 0.05) is 35.6 Å². The van der Waals surface area contributed by atoms with Crippen LogP contribution in [0.4, 0.5) is 16.2 Å². The molecule has 30 heavy (non-hydrogen) atoms. The van der Waals surface area contributed by atoms with Gasteiger partial charge >= 0.3 is 6.09 Å². The first kappa shape index (κ1) is 20.3. The molecule has 3 amide bonds. The lowest BCUT2D eigenvalue weighted by atomic mass is 9.99. The normalized spacial score (nSPS) is 21.5. The molecule has 0 aromatic heterocycles. The predicted molar refractivity (Wildman–Crippen MR) is 118 cm³/mol. The van der Waals surface area contributed by atoms with Crippen LogP contribution in [0.1, 0.15) is 26.2 Å². The summed E-state index contributed by atoms with van der Waals surface area (Å²) in [6, 6.07) is 7.30. The standard InChI is InChI=1S/C22H23N3O4S/c1-14-4-9-19(30)18(11-14)21(27)23-12-17-13-25(22(28)29-17)16-7-5-15(6-8-16)24-10-2-3-20(24)26/h4-8,11,17H,2-3,9-10,12-13H2,1H3,(H,23,27). The van der Waals surface area contributed by atoms with E-state index in [9.17, 15) is 14.4 Å². The molecule has 2 aliphatic heterocycles. The first-order chi connectivity index (χ1) is 14.4. The van der Waals surface area contributed by atoms with Crippen molar-refractivity contribution in [2.45, 2.75) is 32.3 Å². The second-order valence-corrected chi connectivity index (χ2v) is 8.12. The van der Waals surface area contributed by atoms with Gasteiger partial charge in [-0.2, -0.15) is 0 Å². The third-order valence-corrected chi connectivity index (χ3v) is 5.82. The maximum absolute atomic E-state index is 12.5. The molecule has 0 saturated carbocycles. The van der Waals surface area contributed by atoms with E-state index in [4.69, 9.17) is 17.0 Å². The Balaban J connectivity index is 1.35. The number of anilines is 2. The van der Waals surface area contributed by atoms with E-state index in [1.165, 1.54) is 4.90 Å². The summed E-state index contributed by atoms with van der Waals surface area (Å²) in [5.41, 5.74) is 3.03. The first-order valence-electron chi connectivity index (χ1n) is 10.0. The van der Waals surface area contributed by atoms with E-state index in [1.807, 2.05) is 37.3 Å². The van der Waals surface area contributed by atoms with E-state index in [0.717, 1.165) is 24.2 Å². The van der Waals surface area contributed by atoms with Gasteiger partial charge in [-0.05, 0) is 43.7 Å². The molecule has 1 aromatic rings. The molecule has 2 saturated heterocycles. The molecule has 0 bridgehead atoms. The Morgan fingerprint density at radius 1 is 1.20 bits per heavy atom. The fraction of sp³-hybridized carbons (Fsp3) is 0.364. The Morgan fingerprint density at radius 3 is 2.57 bits per heavy atom. The first-order valence-corrected chi connectivity index (χ1v) is 10.4. The van der Waals surface area contributed by atoms with Crippen LogP contribution >= 0.6 is 12.2 Å². The van der Waals surface area contributed by atoms with Crippen LogP contribution in [-0.2, 0) is 14.3 Å².